The van der Waals surface area contributed by atoms with Crippen LogP contribution in [0.2, 0.25) is 5.02 Å². The van der Waals surface area contributed by atoms with Gasteiger partial charge in [0.05, 0.1) is 15.6 Å². The number of anilines is 1. The Kier molecular flexibility index (Phi) is 4.70. The van der Waals surface area contributed by atoms with Gasteiger partial charge in [0.25, 0.3) is 10.0 Å². The summed E-state index contributed by atoms with van der Waals surface area (Å²) in [6.45, 7) is 1.38. The Bertz CT molecular complexity index is 806. The smallest absolute Gasteiger partial charge is 0.261 e. The molecule has 7 heteroatoms. The van der Waals surface area contributed by atoms with Gasteiger partial charge in [-0.25, -0.2) is 8.42 Å². The number of hydrogen-bond acceptors (Lipinski definition) is 3. The molecule has 110 valence electrons. The number of carbonyl (C=O) groups excluding carboxylic acids is 1. The fraction of sp³-hybridized carbons (Fsp3) is 0.0714. The number of sulfonamides is 1. The van der Waals surface area contributed by atoms with E-state index < -0.39 is 10.0 Å². The van der Waals surface area contributed by atoms with Crippen molar-refractivity contribution in [3.63, 3.8) is 0 Å². The van der Waals surface area contributed by atoms with E-state index in [1.807, 2.05) is 0 Å². The molecule has 4 nitrogen and oxygen atoms in total. The largest absolute Gasteiger partial charge is 0.295 e. The molecule has 0 aliphatic carbocycles. The summed E-state index contributed by atoms with van der Waals surface area (Å²) in [4.78, 5) is 11.3. The van der Waals surface area contributed by atoms with Gasteiger partial charge in [-0.05, 0) is 53.2 Å². The third-order valence-corrected chi connectivity index (χ3v) is 5.33. The lowest BCUT2D eigenvalue weighted by Crippen LogP contribution is -2.13. The molecule has 0 heterocycles. The summed E-state index contributed by atoms with van der Waals surface area (Å²) >= 11 is 9.16. The maximum atomic E-state index is 12.3. The maximum Gasteiger partial charge on any atom is 0.261 e. The molecule has 0 radical (unpaired) electrons. The molecule has 0 aromatic heterocycles. The first-order valence-electron chi connectivity index (χ1n) is 5.88. The summed E-state index contributed by atoms with van der Waals surface area (Å²) in [7, 11) is -3.78. The van der Waals surface area contributed by atoms with E-state index in [4.69, 9.17) is 11.6 Å². The van der Waals surface area contributed by atoms with Crippen molar-refractivity contribution in [3.8, 4) is 0 Å². The Morgan fingerprint density at radius 1 is 1.19 bits per heavy atom. The molecule has 0 amide bonds. The lowest BCUT2D eigenvalue weighted by Gasteiger charge is -2.09. The molecule has 1 N–H and O–H groups in total. The quantitative estimate of drug-likeness (QED) is 0.802. The van der Waals surface area contributed by atoms with E-state index in [0.717, 1.165) is 0 Å². The fourth-order valence-electron chi connectivity index (χ4n) is 1.66. The number of halogens is 2. The van der Waals surface area contributed by atoms with Crippen LogP contribution in [0.4, 0.5) is 5.69 Å². The number of benzene rings is 2. The van der Waals surface area contributed by atoms with E-state index in [0.29, 0.717) is 20.7 Å². The van der Waals surface area contributed by atoms with Crippen molar-refractivity contribution in [3.05, 3.63) is 57.5 Å². The van der Waals surface area contributed by atoms with Crippen LogP contribution in [0.3, 0.4) is 0 Å². The zero-order valence-corrected chi connectivity index (χ0v) is 14.1. The summed E-state index contributed by atoms with van der Waals surface area (Å²) in [5.41, 5.74) is 0.683. The van der Waals surface area contributed by atoms with E-state index in [1.54, 1.807) is 18.2 Å². The van der Waals surface area contributed by atoms with E-state index in [1.165, 1.54) is 31.2 Å². The van der Waals surface area contributed by atoms with Gasteiger partial charge in [0.2, 0.25) is 0 Å². The molecule has 0 aliphatic rings. The van der Waals surface area contributed by atoms with Crippen LogP contribution in [0.25, 0.3) is 0 Å². The molecule has 0 aliphatic heterocycles. The van der Waals surface area contributed by atoms with E-state index in [-0.39, 0.29) is 10.7 Å². The molecule has 2 aromatic rings. The fourth-order valence-corrected chi connectivity index (χ4v) is 3.18. The van der Waals surface area contributed by atoms with Crippen molar-refractivity contribution in [2.75, 3.05) is 4.72 Å². The van der Waals surface area contributed by atoms with Gasteiger partial charge in [0.15, 0.2) is 5.78 Å². The maximum absolute atomic E-state index is 12.3. The predicted octanol–water partition coefficient (Wildman–Crippen LogP) is 4.11. The lowest BCUT2D eigenvalue weighted by molar-refractivity contribution is 0.101. The summed E-state index contributed by atoms with van der Waals surface area (Å²) in [5.74, 6) is -0.196. The summed E-state index contributed by atoms with van der Waals surface area (Å²) < 4.78 is 27.7. The number of hydrogen-bond donors (Lipinski definition) is 1. The summed E-state index contributed by atoms with van der Waals surface area (Å²) in [6, 6.07) is 10.6. The first-order valence-corrected chi connectivity index (χ1v) is 8.54. The topological polar surface area (TPSA) is 63.2 Å². The first kappa shape index (κ1) is 16.0. The van der Waals surface area contributed by atoms with Crippen LogP contribution >= 0.6 is 27.5 Å². The highest BCUT2D eigenvalue weighted by Crippen LogP contribution is 2.27. The van der Waals surface area contributed by atoms with Crippen LogP contribution in [0.1, 0.15) is 17.3 Å². The highest BCUT2D eigenvalue weighted by Gasteiger charge is 2.16. The predicted molar refractivity (Wildman–Crippen MR) is 86.4 cm³/mol. The van der Waals surface area contributed by atoms with Crippen LogP contribution in [-0.2, 0) is 10.0 Å². The number of Topliss-reactive ketones (excluding diaryl/α,β-unsaturated/α-hetero) is 1. The van der Waals surface area contributed by atoms with Gasteiger partial charge in [-0.3, -0.25) is 9.52 Å². The lowest BCUT2D eigenvalue weighted by atomic mass is 10.2. The number of carbonyl (C=O) groups is 1. The van der Waals surface area contributed by atoms with Crippen molar-refractivity contribution in [2.45, 2.75) is 11.8 Å². The van der Waals surface area contributed by atoms with E-state index in [9.17, 15) is 13.2 Å². The molecular weight excluding hydrogens is 378 g/mol. The van der Waals surface area contributed by atoms with Crippen LogP contribution in [0.15, 0.2) is 51.8 Å². The first-order chi connectivity index (χ1) is 9.79. The normalized spacial score (nSPS) is 11.2. The molecule has 0 bridgehead atoms. The number of rotatable bonds is 4. The molecular formula is C14H11BrClNO3S. The van der Waals surface area contributed by atoms with Crippen LogP contribution in [0.5, 0.6) is 0 Å². The average Bonchev–Trinajstić information content (AvgIpc) is 2.43. The van der Waals surface area contributed by atoms with E-state index >= 15 is 0 Å². The van der Waals surface area contributed by atoms with Crippen molar-refractivity contribution >= 4 is 49.0 Å². The van der Waals surface area contributed by atoms with Gasteiger partial charge in [0.1, 0.15) is 0 Å². The minimum absolute atomic E-state index is 0.0224. The van der Waals surface area contributed by atoms with Gasteiger partial charge >= 0.3 is 0 Å². The Balaban J connectivity index is 2.36. The third-order valence-electron chi connectivity index (χ3n) is 2.72. The molecule has 0 fully saturated rings. The molecule has 21 heavy (non-hydrogen) atoms. The van der Waals surface area contributed by atoms with Crippen molar-refractivity contribution < 1.29 is 13.2 Å². The molecule has 2 aromatic carbocycles. The molecule has 0 unspecified atom stereocenters. The molecule has 0 spiro atoms. The number of ketones is 1. The standard InChI is InChI=1S/C14H11BrClNO3S/c1-9(18)10-3-2-4-12(7-10)21(19,20)17-11-5-6-13(15)14(16)8-11/h2-8,17H,1H3. The minimum Gasteiger partial charge on any atom is -0.295 e. The minimum atomic E-state index is -3.78. The zero-order chi connectivity index (χ0) is 15.6. The molecule has 0 saturated heterocycles. The Morgan fingerprint density at radius 3 is 2.52 bits per heavy atom. The van der Waals surface area contributed by atoms with Gasteiger partial charge in [-0.15, -0.1) is 0 Å². The van der Waals surface area contributed by atoms with Gasteiger partial charge in [-0.1, -0.05) is 23.7 Å². The van der Waals surface area contributed by atoms with Crippen molar-refractivity contribution in [2.24, 2.45) is 0 Å². The second kappa shape index (κ2) is 6.17. The highest BCUT2D eigenvalue weighted by molar-refractivity contribution is 9.10. The zero-order valence-electron chi connectivity index (χ0n) is 10.9. The van der Waals surface area contributed by atoms with Crippen molar-refractivity contribution in [1.82, 2.24) is 0 Å². The summed E-state index contributed by atoms with van der Waals surface area (Å²) in [5, 5.41) is 0.396. The van der Waals surface area contributed by atoms with Crippen molar-refractivity contribution in [1.29, 1.82) is 0 Å². The molecule has 0 saturated carbocycles. The third kappa shape index (κ3) is 3.84. The monoisotopic (exact) mass is 387 g/mol. The Hall–Kier alpha value is -1.37. The Labute approximate surface area is 136 Å². The second-order valence-electron chi connectivity index (χ2n) is 4.32. The SMILES string of the molecule is CC(=O)c1cccc(S(=O)(=O)Nc2ccc(Br)c(Cl)c2)c1. The van der Waals surface area contributed by atoms with Crippen LogP contribution in [-0.4, -0.2) is 14.2 Å². The summed E-state index contributed by atoms with van der Waals surface area (Å²) in [6.07, 6.45) is 0. The molecule has 0 atom stereocenters. The van der Waals surface area contributed by atoms with Crippen LogP contribution in [0, 0.1) is 0 Å². The van der Waals surface area contributed by atoms with Gasteiger partial charge in [-0.2, -0.15) is 0 Å². The van der Waals surface area contributed by atoms with Crippen LogP contribution < -0.4 is 4.72 Å². The van der Waals surface area contributed by atoms with Gasteiger partial charge < -0.3 is 0 Å². The molecule has 2 rings (SSSR count). The average molecular weight is 389 g/mol. The van der Waals surface area contributed by atoms with Gasteiger partial charge in [0, 0.05) is 10.0 Å². The Morgan fingerprint density at radius 2 is 1.90 bits per heavy atom. The number of nitrogens with one attached hydrogen (secondary N) is 1. The second-order valence-corrected chi connectivity index (χ2v) is 7.26. The highest BCUT2D eigenvalue weighted by atomic mass is 79.9. The van der Waals surface area contributed by atoms with E-state index in [2.05, 4.69) is 20.7 Å².